The van der Waals surface area contributed by atoms with Crippen LogP contribution in [0.4, 0.5) is 0 Å². The number of hydrogen-bond acceptors (Lipinski definition) is 1. The van der Waals surface area contributed by atoms with Crippen LogP contribution in [0.5, 0.6) is 0 Å². The van der Waals surface area contributed by atoms with Gasteiger partial charge in [-0.1, -0.05) is 65.0 Å². The third-order valence-electron chi connectivity index (χ3n) is 5.59. The van der Waals surface area contributed by atoms with E-state index in [0.29, 0.717) is 23.2 Å². The van der Waals surface area contributed by atoms with Gasteiger partial charge in [0.1, 0.15) is 0 Å². The highest BCUT2D eigenvalue weighted by Gasteiger charge is 2.39. The molecule has 0 aromatic heterocycles. The van der Waals surface area contributed by atoms with Crippen LogP contribution < -0.4 is 5.32 Å². The summed E-state index contributed by atoms with van der Waals surface area (Å²) in [5, 5.41) is 3.23. The van der Waals surface area contributed by atoms with Crippen LogP contribution in [0.25, 0.3) is 0 Å². The second-order valence-corrected chi connectivity index (χ2v) is 8.48. The SMILES string of the molecule is CC(C)C1CCC(C)(C)CC1C(=O)NC[C@H](C)c1ccccc1. The van der Waals surface area contributed by atoms with Crippen molar-refractivity contribution in [1.29, 1.82) is 0 Å². The van der Waals surface area contributed by atoms with Crippen LogP contribution in [0.15, 0.2) is 30.3 Å². The molecular formula is C21H33NO. The normalized spacial score (nSPS) is 25.1. The Morgan fingerprint density at radius 2 is 1.87 bits per heavy atom. The number of rotatable bonds is 5. The Balaban J connectivity index is 1.97. The van der Waals surface area contributed by atoms with Gasteiger partial charge in [-0.3, -0.25) is 4.79 Å². The van der Waals surface area contributed by atoms with E-state index >= 15 is 0 Å². The lowest BCUT2D eigenvalue weighted by molar-refractivity contribution is -0.130. The molecule has 1 aliphatic carbocycles. The van der Waals surface area contributed by atoms with E-state index in [1.54, 1.807) is 0 Å². The Bertz CT molecular complexity index is 506. The van der Waals surface area contributed by atoms with Crippen molar-refractivity contribution in [2.24, 2.45) is 23.2 Å². The Morgan fingerprint density at radius 3 is 2.48 bits per heavy atom. The summed E-state index contributed by atoms with van der Waals surface area (Å²) in [6.07, 6.45) is 3.43. The molecule has 2 unspecified atom stereocenters. The molecule has 23 heavy (non-hydrogen) atoms. The van der Waals surface area contributed by atoms with Gasteiger partial charge in [-0.25, -0.2) is 0 Å². The lowest BCUT2D eigenvalue weighted by atomic mass is 9.64. The van der Waals surface area contributed by atoms with Gasteiger partial charge in [0.15, 0.2) is 0 Å². The van der Waals surface area contributed by atoms with Gasteiger partial charge in [-0.15, -0.1) is 0 Å². The van der Waals surface area contributed by atoms with Crippen molar-refractivity contribution in [2.45, 2.75) is 59.8 Å². The molecule has 1 aliphatic rings. The minimum absolute atomic E-state index is 0.168. The highest BCUT2D eigenvalue weighted by Crippen LogP contribution is 2.44. The maximum Gasteiger partial charge on any atom is 0.223 e. The van der Waals surface area contributed by atoms with Crippen molar-refractivity contribution in [2.75, 3.05) is 6.54 Å². The van der Waals surface area contributed by atoms with Crippen LogP contribution in [0.3, 0.4) is 0 Å². The van der Waals surface area contributed by atoms with Crippen LogP contribution in [-0.2, 0) is 4.79 Å². The predicted molar refractivity (Wildman–Crippen MR) is 97.3 cm³/mol. The average Bonchev–Trinajstić information content (AvgIpc) is 2.51. The largest absolute Gasteiger partial charge is 0.355 e. The summed E-state index contributed by atoms with van der Waals surface area (Å²) in [7, 11) is 0. The summed E-state index contributed by atoms with van der Waals surface area (Å²) >= 11 is 0. The fraction of sp³-hybridized carbons (Fsp3) is 0.667. The molecule has 2 heteroatoms. The van der Waals surface area contributed by atoms with Gasteiger partial charge in [-0.2, -0.15) is 0 Å². The molecular weight excluding hydrogens is 282 g/mol. The van der Waals surface area contributed by atoms with Crippen molar-refractivity contribution in [3.8, 4) is 0 Å². The predicted octanol–water partition coefficient (Wildman–Crippen LogP) is 5.00. The van der Waals surface area contributed by atoms with E-state index in [1.807, 2.05) is 6.07 Å². The molecule has 1 aromatic rings. The molecule has 1 aromatic carbocycles. The first-order chi connectivity index (χ1) is 10.8. The number of benzene rings is 1. The fourth-order valence-corrected chi connectivity index (χ4v) is 3.98. The summed E-state index contributed by atoms with van der Waals surface area (Å²) in [6, 6.07) is 10.4. The first-order valence-electron chi connectivity index (χ1n) is 9.13. The molecule has 1 N–H and O–H groups in total. The second kappa shape index (κ2) is 7.51. The molecule has 1 saturated carbocycles. The van der Waals surface area contributed by atoms with E-state index < -0.39 is 0 Å². The first-order valence-corrected chi connectivity index (χ1v) is 9.13. The number of nitrogens with one attached hydrogen (secondary N) is 1. The van der Waals surface area contributed by atoms with Crippen molar-refractivity contribution in [1.82, 2.24) is 5.32 Å². The summed E-state index contributed by atoms with van der Waals surface area (Å²) in [5.74, 6) is 1.89. The van der Waals surface area contributed by atoms with Gasteiger partial charge in [0, 0.05) is 12.5 Å². The van der Waals surface area contributed by atoms with Crippen LogP contribution in [0.2, 0.25) is 0 Å². The van der Waals surface area contributed by atoms with E-state index in [9.17, 15) is 4.79 Å². The van der Waals surface area contributed by atoms with E-state index in [1.165, 1.54) is 18.4 Å². The minimum atomic E-state index is 0.168. The molecule has 2 nitrogen and oxygen atoms in total. The van der Waals surface area contributed by atoms with E-state index in [0.717, 1.165) is 13.0 Å². The van der Waals surface area contributed by atoms with Crippen molar-refractivity contribution in [3.63, 3.8) is 0 Å². The summed E-state index contributed by atoms with van der Waals surface area (Å²) in [5.41, 5.74) is 1.58. The highest BCUT2D eigenvalue weighted by atomic mass is 16.1. The molecule has 128 valence electrons. The zero-order valence-corrected chi connectivity index (χ0v) is 15.4. The number of carbonyl (C=O) groups is 1. The van der Waals surface area contributed by atoms with E-state index in [4.69, 9.17) is 0 Å². The van der Waals surface area contributed by atoms with E-state index in [2.05, 4.69) is 64.2 Å². The smallest absolute Gasteiger partial charge is 0.223 e. The molecule has 0 saturated heterocycles. The second-order valence-electron chi connectivity index (χ2n) is 8.48. The van der Waals surface area contributed by atoms with Gasteiger partial charge in [-0.05, 0) is 48.0 Å². The minimum Gasteiger partial charge on any atom is -0.355 e. The Labute approximate surface area is 142 Å². The van der Waals surface area contributed by atoms with Crippen LogP contribution in [-0.4, -0.2) is 12.5 Å². The van der Waals surface area contributed by atoms with Gasteiger partial charge in [0.25, 0.3) is 0 Å². The zero-order chi connectivity index (χ0) is 17.0. The van der Waals surface area contributed by atoms with Crippen LogP contribution in [0, 0.1) is 23.2 Å². The summed E-state index contributed by atoms with van der Waals surface area (Å²) in [6.45, 7) is 12.0. The quantitative estimate of drug-likeness (QED) is 0.813. The van der Waals surface area contributed by atoms with Crippen molar-refractivity contribution < 1.29 is 4.79 Å². The fourth-order valence-electron chi connectivity index (χ4n) is 3.98. The Kier molecular flexibility index (Phi) is 5.89. The third-order valence-corrected chi connectivity index (χ3v) is 5.59. The molecule has 0 bridgehead atoms. The zero-order valence-electron chi connectivity index (χ0n) is 15.4. The maximum atomic E-state index is 12.8. The average molecular weight is 316 g/mol. The van der Waals surface area contributed by atoms with Crippen LogP contribution >= 0.6 is 0 Å². The molecule has 0 heterocycles. The standard InChI is InChI=1S/C21H33NO/c1-15(2)18-11-12-21(4,5)13-19(18)20(23)22-14-16(3)17-9-7-6-8-10-17/h6-10,15-16,18-19H,11-14H2,1-5H3,(H,22,23)/t16-,18?,19?/m0/s1. The Morgan fingerprint density at radius 1 is 1.22 bits per heavy atom. The summed E-state index contributed by atoms with van der Waals surface area (Å²) < 4.78 is 0. The van der Waals surface area contributed by atoms with Gasteiger partial charge in [0.2, 0.25) is 5.91 Å². The molecule has 2 rings (SSSR count). The first kappa shape index (κ1) is 18.0. The van der Waals surface area contributed by atoms with Crippen molar-refractivity contribution >= 4 is 5.91 Å². The van der Waals surface area contributed by atoms with Gasteiger partial charge >= 0.3 is 0 Å². The van der Waals surface area contributed by atoms with Crippen LogP contribution in [0.1, 0.15) is 65.4 Å². The summed E-state index contributed by atoms with van der Waals surface area (Å²) in [4.78, 5) is 12.8. The third kappa shape index (κ3) is 4.83. The van der Waals surface area contributed by atoms with E-state index in [-0.39, 0.29) is 11.8 Å². The molecule has 0 aliphatic heterocycles. The number of hydrogen-bond donors (Lipinski definition) is 1. The lowest BCUT2D eigenvalue weighted by Crippen LogP contribution is -2.43. The molecule has 0 spiro atoms. The maximum absolute atomic E-state index is 12.8. The lowest BCUT2D eigenvalue weighted by Gasteiger charge is -2.41. The monoisotopic (exact) mass is 315 g/mol. The van der Waals surface area contributed by atoms with Gasteiger partial charge in [0.05, 0.1) is 0 Å². The van der Waals surface area contributed by atoms with Crippen molar-refractivity contribution in [3.05, 3.63) is 35.9 Å². The Hall–Kier alpha value is -1.31. The number of carbonyl (C=O) groups excluding carboxylic acids is 1. The molecule has 1 amide bonds. The topological polar surface area (TPSA) is 29.1 Å². The molecule has 1 fully saturated rings. The molecule has 3 atom stereocenters. The number of amides is 1. The molecule has 0 radical (unpaired) electrons. The highest BCUT2D eigenvalue weighted by molar-refractivity contribution is 5.79. The van der Waals surface area contributed by atoms with Gasteiger partial charge < -0.3 is 5.32 Å².